The highest BCUT2D eigenvalue weighted by atomic mass is 35.5. The average Bonchev–Trinajstić information content (AvgIpc) is 3.29. The minimum Gasteiger partial charge on any atom is -0.493 e. The Morgan fingerprint density at radius 2 is 2.00 bits per heavy atom. The second kappa shape index (κ2) is 7.53. The fourth-order valence-electron chi connectivity index (χ4n) is 4.30. The highest BCUT2D eigenvalue weighted by Gasteiger charge is 2.56. The third-order valence-electron chi connectivity index (χ3n) is 5.76. The fourth-order valence-corrected chi connectivity index (χ4v) is 5.45. The van der Waals surface area contributed by atoms with E-state index in [1.165, 1.54) is 22.9 Å². The van der Waals surface area contributed by atoms with Crippen LogP contribution in [0.5, 0.6) is 5.75 Å². The van der Waals surface area contributed by atoms with Crippen molar-refractivity contribution in [2.75, 3.05) is 6.61 Å². The van der Waals surface area contributed by atoms with Crippen molar-refractivity contribution < 1.29 is 23.0 Å². The molecule has 3 heterocycles. The summed E-state index contributed by atoms with van der Waals surface area (Å²) in [6.07, 6.45) is -3.52. The van der Waals surface area contributed by atoms with E-state index in [4.69, 9.17) is 16.3 Å². The molecule has 1 N–H and O–H groups in total. The maximum Gasteiger partial charge on any atom is 0.418 e. The van der Waals surface area contributed by atoms with Crippen LogP contribution >= 0.6 is 22.9 Å². The van der Waals surface area contributed by atoms with E-state index in [-0.39, 0.29) is 15.6 Å². The lowest BCUT2D eigenvalue weighted by atomic mass is 9.74. The number of rotatable bonds is 5. The molecule has 31 heavy (non-hydrogen) atoms. The van der Waals surface area contributed by atoms with Crippen molar-refractivity contribution in [3.8, 4) is 5.75 Å². The molecule has 1 atom stereocenters. The van der Waals surface area contributed by atoms with Gasteiger partial charge >= 0.3 is 6.18 Å². The number of alkyl halides is 3. The van der Waals surface area contributed by atoms with Gasteiger partial charge in [0.05, 0.1) is 27.7 Å². The van der Waals surface area contributed by atoms with E-state index in [1.807, 2.05) is 6.07 Å². The third kappa shape index (κ3) is 3.97. The van der Waals surface area contributed by atoms with E-state index in [0.29, 0.717) is 28.7 Å². The van der Waals surface area contributed by atoms with Gasteiger partial charge in [0.1, 0.15) is 5.75 Å². The Kier molecular flexibility index (Phi) is 5.39. The number of halogens is 4. The van der Waals surface area contributed by atoms with E-state index >= 15 is 0 Å². The van der Waals surface area contributed by atoms with E-state index < -0.39 is 30.2 Å². The van der Waals surface area contributed by atoms with Crippen molar-refractivity contribution in [2.45, 2.75) is 50.4 Å². The Morgan fingerprint density at radius 3 is 2.71 bits per heavy atom. The summed E-state index contributed by atoms with van der Waals surface area (Å²) in [4.78, 5) is 12.1. The molecule has 4 rings (SSSR count). The molecule has 0 radical (unpaired) electrons. The first-order chi connectivity index (χ1) is 14.4. The van der Waals surface area contributed by atoms with Crippen LogP contribution in [-0.4, -0.2) is 28.1 Å². The van der Waals surface area contributed by atoms with Gasteiger partial charge in [-0.05, 0) is 23.5 Å². The SMILES string of the molecule is CC(C)(CC(O)(Cn1ccc(=O)c2sc(Cl)cc21)C(F)(F)F)c1cccc2c1OCC2. The lowest BCUT2D eigenvalue weighted by Gasteiger charge is -2.39. The molecular weight excluding hydrogens is 451 g/mol. The zero-order chi connectivity index (χ0) is 22.6. The second-order valence-electron chi connectivity index (χ2n) is 8.56. The number of hydrogen-bond donors (Lipinski definition) is 1. The number of fused-ring (bicyclic) bond motifs is 2. The monoisotopic (exact) mass is 471 g/mol. The number of thiophene rings is 1. The Hall–Kier alpha value is -2.03. The van der Waals surface area contributed by atoms with E-state index in [0.717, 1.165) is 16.9 Å². The van der Waals surface area contributed by atoms with Crippen LogP contribution < -0.4 is 10.2 Å². The van der Waals surface area contributed by atoms with E-state index in [9.17, 15) is 23.1 Å². The topological polar surface area (TPSA) is 51.5 Å². The van der Waals surface area contributed by atoms with Crippen LogP contribution in [0.25, 0.3) is 10.2 Å². The molecule has 1 aliphatic rings. The standard InChI is InChI=1S/C22H21ClF3NO3S/c1-20(2,14-5-3-4-13-7-9-30-18(13)14)11-21(29,22(24,25)26)12-27-8-6-16(28)19-15(27)10-17(23)31-19/h3-6,8,10,29H,7,9,11-12H2,1-2H3. The first kappa shape index (κ1) is 22.2. The molecule has 0 saturated heterocycles. The van der Waals surface area contributed by atoms with E-state index in [1.54, 1.807) is 26.0 Å². The maximum atomic E-state index is 14.2. The summed E-state index contributed by atoms with van der Waals surface area (Å²) < 4.78 is 50.1. The molecule has 0 spiro atoms. The molecule has 0 bridgehead atoms. The number of ether oxygens (including phenoxy) is 1. The number of aliphatic hydroxyl groups is 1. The highest BCUT2D eigenvalue weighted by Crippen LogP contribution is 2.46. The number of nitrogens with zero attached hydrogens (tertiary/aromatic N) is 1. The number of benzene rings is 1. The lowest BCUT2D eigenvalue weighted by Crippen LogP contribution is -2.52. The van der Waals surface area contributed by atoms with Crippen LogP contribution in [0.1, 0.15) is 31.4 Å². The summed E-state index contributed by atoms with van der Waals surface area (Å²) >= 11 is 7.00. The summed E-state index contributed by atoms with van der Waals surface area (Å²) in [6.45, 7) is 3.06. The predicted molar refractivity (Wildman–Crippen MR) is 115 cm³/mol. The number of para-hydroxylation sites is 1. The fraction of sp³-hybridized carbons (Fsp3) is 0.409. The van der Waals surface area contributed by atoms with Gasteiger partial charge in [-0.3, -0.25) is 4.79 Å². The van der Waals surface area contributed by atoms with E-state index in [2.05, 4.69) is 0 Å². The van der Waals surface area contributed by atoms with Crippen LogP contribution in [0.15, 0.2) is 41.3 Å². The zero-order valence-electron chi connectivity index (χ0n) is 16.9. The Labute approximate surface area is 185 Å². The van der Waals surface area contributed by atoms with Crippen molar-refractivity contribution in [3.05, 3.63) is 62.2 Å². The van der Waals surface area contributed by atoms with Gasteiger partial charge in [0.2, 0.25) is 0 Å². The second-order valence-corrected chi connectivity index (χ2v) is 10.2. The first-order valence-corrected chi connectivity index (χ1v) is 10.9. The summed E-state index contributed by atoms with van der Waals surface area (Å²) in [7, 11) is 0. The average molecular weight is 472 g/mol. The quantitative estimate of drug-likeness (QED) is 0.548. The van der Waals surface area contributed by atoms with Crippen LogP contribution in [-0.2, 0) is 18.4 Å². The Bertz CT molecular complexity index is 1200. The van der Waals surface area contributed by atoms with Gasteiger partial charge in [-0.2, -0.15) is 13.2 Å². The predicted octanol–water partition coefficient (Wildman–Crippen LogP) is 5.31. The van der Waals surface area contributed by atoms with Gasteiger partial charge in [0, 0.05) is 24.2 Å². The van der Waals surface area contributed by atoms with Crippen molar-refractivity contribution in [3.63, 3.8) is 0 Å². The maximum absolute atomic E-state index is 14.2. The molecule has 9 heteroatoms. The summed E-state index contributed by atoms with van der Waals surface area (Å²) in [5.41, 5.74) is -2.55. The molecule has 166 valence electrons. The first-order valence-electron chi connectivity index (χ1n) is 9.74. The lowest BCUT2D eigenvalue weighted by molar-refractivity contribution is -0.271. The molecule has 1 aromatic carbocycles. The normalized spacial score (nSPS) is 16.2. The van der Waals surface area contributed by atoms with Gasteiger partial charge in [0.25, 0.3) is 0 Å². The van der Waals surface area contributed by atoms with Crippen LogP contribution in [0, 0.1) is 0 Å². The van der Waals surface area contributed by atoms with Gasteiger partial charge in [0.15, 0.2) is 11.0 Å². The molecule has 3 aromatic rings. The molecule has 0 amide bonds. The minimum absolute atomic E-state index is 0.255. The van der Waals surface area contributed by atoms with Crippen molar-refractivity contribution in [1.29, 1.82) is 0 Å². The zero-order valence-corrected chi connectivity index (χ0v) is 18.5. The Balaban J connectivity index is 1.75. The third-order valence-corrected chi connectivity index (χ3v) is 7.03. The van der Waals surface area contributed by atoms with Crippen molar-refractivity contribution >= 4 is 33.2 Å². The Morgan fingerprint density at radius 1 is 1.26 bits per heavy atom. The molecule has 1 aliphatic heterocycles. The van der Waals surface area contributed by atoms with Gasteiger partial charge in [-0.15, -0.1) is 11.3 Å². The molecule has 4 nitrogen and oxygen atoms in total. The smallest absolute Gasteiger partial charge is 0.418 e. The van der Waals surface area contributed by atoms with Crippen LogP contribution in [0.2, 0.25) is 4.34 Å². The molecular formula is C22H21ClF3NO3S. The van der Waals surface area contributed by atoms with Gasteiger partial charge in [-0.25, -0.2) is 0 Å². The largest absolute Gasteiger partial charge is 0.493 e. The van der Waals surface area contributed by atoms with Gasteiger partial charge < -0.3 is 14.4 Å². The molecule has 0 saturated carbocycles. The number of aromatic nitrogens is 1. The number of pyridine rings is 1. The van der Waals surface area contributed by atoms with Gasteiger partial charge in [-0.1, -0.05) is 43.6 Å². The molecule has 0 fully saturated rings. The van der Waals surface area contributed by atoms with Crippen molar-refractivity contribution in [2.24, 2.45) is 0 Å². The molecule has 0 aliphatic carbocycles. The van der Waals surface area contributed by atoms with Crippen LogP contribution in [0.3, 0.4) is 0 Å². The highest BCUT2D eigenvalue weighted by molar-refractivity contribution is 7.22. The summed E-state index contributed by atoms with van der Waals surface area (Å²) in [6, 6.07) is 8.08. The minimum atomic E-state index is -4.90. The van der Waals surface area contributed by atoms with Crippen molar-refractivity contribution in [1.82, 2.24) is 4.57 Å². The summed E-state index contributed by atoms with van der Waals surface area (Å²) in [5.74, 6) is 0.604. The summed E-state index contributed by atoms with van der Waals surface area (Å²) in [5, 5.41) is 11.0. The van der Waals surface area contributed by atoms with Crippen LogP contribution in [0.4, 0.5) is 13.2 Å². The molecule has 1 unspecified atom stereocenters. The molecule has 2 aromatic heterocycles. The number of hydrogen-bond acceptors (Lipinski definition) is 4.